The summed E-state index contributed by atoms with van der Waals surface area (Å²) in [6, 6.07) is 0. The number of carbonyl (C=O) groups excluding carboxylic acids is 1. The average molecular weight is 229 g/mol. The Morgan fingerprint density at radius 1 is 1.64 bits per heavy atom. The van der Waals surface area contributed by atoms with Crippen molar-refractivity contribution in [1.29, 1.82) is 0 Å². The monoisotopic (exact) mass is 229 g/mol. The summed E-state index contributed by atoms with van der Waals surface area (Å²) < 4.78 is 0. The number of aromatic nitrogens is 1. The molecule has 1 rings (SSSR count). The van der Waals surface area contributed by atoms with Gasteiger partial charge in [-0.2, -0.15) is 11.8 Å². The summed E-state index contributed by atoms with van der Waals surface area (Å²) >= 11 is 3.26. The second-order valence-electron chi connectivity index (χ2n) is 3.46. The molecule has 1 aromatic rings. The smallest absolute Gasteiger partial charge is 0.149 e. The zero-order valence-corrected chi connectivity index (χ0v) is 10.4. The third-order valence-corrected chi connectivity index (χ3v) is 3.71. The quantitative estimate of drug-likeness (QED) is 0.777. The zero-order valence-electron chi connectivity index (χ0n) is 8.74. The molecule has 0 aromatic carbocycles. The summed E-state index contributed by atoms with van der Waals surface area (Å²) in [5, 5.41) is 3.45. The van der Waals surface area contributed by atoms with Crippen LogP contribution in [0.25, 0.3) is 0 Å². The van der Waals surface area contributed by atoms with E-state index in [-0.39, 0.29) is 5.78 Å². The van der Waals surface area contributed by atoms with Gasteiger partial charge in [-0.05, 0) is 12.2 Å². The van der Waals surface area contributed by atoms with E-state index in [1.165, 1.54) is 0 Å². The number of thioether (sulfide) groups is 1. The average Bonchev–Trinajstić information content (AvgIpc) is 2.48. The molecule has 0 radical (unpaired) electrons. The second kappa shape index (κ2) is 5.51. The van der Waals surface area contributed by atoms with Gasteiger partial charge in [0.1, 0.15) is 10.8 Å². The van der Waals surface area contributed by atoms with E-state index in [4.69, 9.17) is 0 Å². The van der Waals surface area contributed by atoms with E-state index in [1.807, 2.05) is 12.3 Å². The number of Topliss-reactive ketones (excluding diaryl/α,β-unsaturated/α-hetero) is 1. The molecule has 0 unspecified atom stereocenters. The maximum absolute atomic E-state index is 11.5. The summed E-state index contributed by atoms with van der Waals surface area (Å²) in [6.07, 6.45) is 0.498. The molecule has 1 aromatic heterocycles. The standard InChI is InChI=1S/C10H15NOS2/c1-7(2)13-6-9(12)4-10-11-8(3)5-14-10/h5,7H,4,6H2,1-3H3. The molecule has 0 aliphatic heterocycles. The van der Waals surface area contributed by atoms with E-state index in [0.29, 0.717) is 17.4 Å². The van der Waals surface area contributed by atoms with Crippen LogP contribution in [0.3, 0.4) is 0 Å². The fourth-order valence-corrected chi connectivity index (χ4v) is 2.38. The number of hydrogen-bond acceptors (Lipinski definition) is 4. The number of nitrogens with zero attached hydrogens (tertiary/aromatic N) is 1. The summed E-state index contributed by atoms with van der Waals surface area (Å²) in [4.78, 5) is 15.7. The maximum Gasteiger partial charge on any atom is 0.149 e. The van der Waals surface area contributed by atoms with Crippen LogP contribution in [0.1, 0.15) is 24.5 Å². The van der Waals surface area contributed by atoms with Crippen molar-refractivity contribution in [1.82, 2.24) is 4.98 Å². The summed E-state index contributed by atoms with van der Waals surface area (Å²) in [6.45, 7) is 6.16. The van der Waals surface area contributed by atoms with E-state index in [2.05, 4.69) is 18.8 Å². The van der Waals surface area contributed by atoms with Crippen LogP contribution < -0.4 is 0 Å². The van der Waals surface area contributed by atoms with Crippen LogP contribution >= 0.6 is 23.1 Å². The molecule has 0 saturated heterocycles. The molecule has 0 bridgehead atoms. The van der Waals surface area contributed by atoms with Crippen LogP contribution in [0.4, 0.5) is 0 Å². The molecule has 2 nitrogen and oxygen atoms in total. The lowest BCUT2D eigenvalue weighted by Crippen LogP contribution is -2.07. The van der Waals surface area contributed by atoms with Gasteiger partial charge in [-0.1, -0.05) is 13.8 Å². The molecule has 0 aliphatic rings. The van der Waals surface area contributed by atoms with Gasteiger partial charge in [-0.25, -0.2) is 4.98 Å². The van der Waals surface area contributed by atoms with Crippen molar-refractivity contribution in [3.05, 3.63) is 16.1 Å². The predicted octanol–water partition coefficient (Wildman–Crippen LogP) is 2.70. The summed E-state index contributed by atoms with van der Waals surface area (Å²) in [5.74, 6) is 0.883. The Bertz CT molecular complexity index is 307. The highest BCUT2D eigenvalue weighted by molar-refractivity contribution is 8.00. The molecule has 0 amide bonds. The van der Waals surface area contributed by atoms with E-state index >= 15 is 0 Å². The summed E-state index contributed by atoms with van der Waals surface area (Å²) in [7, 11) is 0. The van der Waals surface area contributed by atoms with Gasteiger partial charge in [0.15, 0.2) is 0 Å². The molecule has 0 saturated carbocycles. The van der Waals surface area contributed by atoms with Crippen LogP contribution in [0, 0.1) is 6.92 Å². The molecule has 78 valence electrons. The second-order valence-corrected chi connectivity index (χ2v) is 5.97. The van der Waals surface area contributed by atoms with E-state index in [0.717, 1.165) is 10.7 Å². The van der Waals surface area contributed by atoms with Crippen molar-refractivity contribution in [2.24, 2.45) is 0 Å². The van der Waals surface area contributed by atoms with Crippen molar-refractivity contribution in [2.45, 2.75) is 32.4 Å². The lowest BCUT2D eigenvalue weighted by Gasteiger charge is -2.02. The molecule has 0 atom stereocenters. The van der Waals surface area contributed by atoms with Crippen LogP contribution in [0.2, 0.25) is 0 Å². The Morgan fingerprint density at radius 2 is 2.36 bits per heavy atom. The highest BCUT2D eigenvalue weighted by atomic mass is 32.2. The minimum Gasteiger partial charge on any atom is -0.298 e. The molecular weight excluding hydrogens is 214 g/mol. The first-order valence-corrected chi connectivity index (χ1v) is 6.55. The van der Waals surface area contributed by atoms with Crippen LogP contribution in [0.15, 0.2) is 5.38 Å². The Labute approximate surface area is 93.1 Å². The summed E-state index contributed by atoms with van der Waals surface area (Å²) in [5.41, 5.74) is 1.01. The topological polar surface area (TPSA) is 30.0 Å². The number of carbonyl (C=O) groups is 1. The van der Waals surface area contributed by atoms with Gasteiger partial charge in [0.05, 0.1) is 12.2 Å². The van der Waals surface area contributed by atoms with Crippen molar-refractivity contribution in [3.8, 4) is 0 Å². The van der Waals surface area contributed by atoms with Crippen LogP contribution in [0.5, 0.6) is 0 Å². The Kier molecular flexibility index (Phi) is 4.62. The van der Waals surface area contributed by atoms with Crippen molar-refractivity contribution >= 4 is 28.9 Å². The number of rotatable bonds is 5. The third kappa shape index (κ3) is 4.24. The van der Waals surface area contributed by atoms with Crippen molar-refractivity contribution < 1.29 is 4.79 Å². The minimum atomic E-state index is 0.276. The molecular formula is C10H15NOS2. The van der Waals surface area contributed by atoms with Gasteiger partial charge in [-0.3, -0.25) is 4.79 Å². The molecule has 0 spiro atoms. The van der Waals surface area contributed by atoms with Gasteiger partial charge in [0.25, 0.3) is 0 Å². The van der Waals surface area contributed by atoms with E-state index in [9.17, 15) is 4.79 Å². The first-order chi connectivity index (χ1) is 6.58. The van der Waals surface area contributed by atoms with E-state index < -0.39 is 0 Å². The molecule has 0 aliphatic carbocycles. The number of thiazole rings is 1. The van der Waals surface area contributed by atoms with Gasteiger partial charge in [0.2, 0.25) is 0 Å². The third-order valence-electron chi connectivity index (χ3n) is 1.59. The first-order valence-electron chi connectivity index (χ1n) is 4.62. The fourth-order valence-electron chi connectivity index (χ4n) is 0.963. The highest BCUT2D eigenvalue weighted by Gasteiger charge is 2.07. The Morgan fingerprint density at radius 3 is 2.86 bits per heavy atom. The fraction of sp³-hybridized carbons (Fsp3) is 0.600. The first kappa shape index (κ1) is 11.7. The highest BCUT2D eigenvalue weighted by Crippen LogP contribution is 2.13. The SMILES string of the molecule is Cc1csc(CC(=O)CSC(C)C)n1. The largest absolute Gasteiger partial charge is 0.298 e. The van der Waals surface area contributed by atoms with Gasteiger partial charge < -0.3 is 0 Å². The van der Waals surface area contributed by atoms with Gasteiger partial charge >= 0.3 is 0 Å². The molecule has 4 heteroatoms. The van der Waals surface area contributed by atoms with Crippen LogP contribution in [-0.2, 0) is 11.2 Å². The number of hydrogen-bond donors (Lipinski definition) is 0. The Balaban J connectivity index is 2.34. The molecule has 1 heterocycles. The Hall–Kier alpha value is -0.350. The van der Waals surface area contributed by atoms with E-state index in [1.54, 1.807) is 23.1 Å². The normalized spacial score (nSPS) is 10.9. The lowest BCUT2D eigenvalue weighted by molar-refractivity contribution is -0.116. The maximum atomic E-state index is 11.5. The van der Waals surface area contributed by atoms with Crippen molar-refractivity contribution in [2.75, 3.05) is 5.75 Å². The minimum absolute atomic E-state index is 0.276. The molecule has 0 N–H and O–H groups in total. The lowest BCUT2D eigenvalue weighted by atomic mass is 10.3. The van der Waals surface area contributed by atoms with Crippen LogP contribution in [-0.4, -0.2) is 21.8 Å². The number of aryl methyl sites for hydroxylation is 1. The molecule has 14 heavy (non-hydrogen) atoms. The van der Waals surface area contributed by atoms with Crippen molar-refractivity contribution in [3.63, 3.8) is 0 Å². The number of ketones is 1. The zero-order chi connectivity index (χ0) is 10.6. The predicted molar refractivity (Wildman–Crippen MR) is 63.2 cm³/mol. The molecule has 0 fully saturated rings. The van der Waals surface area contributed by atoms with Gasteiger partial charge in [-0.15, -0.1) is 11.3 Å². The van der Waals surface area contributed by atoms with Gasteiger partial charge in [0, 0.05) is 11.1 Å².